The molecule has 0 spiro atoms. The van der Waals surface area contributed by atoms with Crippen LogP contribution in [0.2, 0.25) is 0 Å². The van der Waals surface area contributed by atoms with Crippen molar-refractivity contribution in [3.63, 3.8) is 0 Å². The summed E-state index contributed by atoms with van der Waals surface area (Å²) in [4.78, 5) is 17.9. The fourth-order valence-corrected chi connectivity index (χ4v) is 2.27. The summed E-state index contributed by atoms with van der Waals surface area (Å²) in [5, 5.41) is 2.61. The van der Waals surface area contributed by atoms with E-state index >= 15 is 0 Å². The number of anilines is 1. The summed E-state index contributed by atoms with van der Waals surface area (Å²) in [6.45, 7) is 0.654. The summed E-state index contributed by atoms with van der Waals surface area (Å²) in [7, 11) is 3.55. The molecule has 0 saturated carbocycles. The highest BCUT2D eigenvalue weighted by Crippen LogP contribution is 2.21. The van der Waals surface area contributed by atoms with Crippen molar-refractivity contribution < 1.29 is 9.21 Å². The van der Waals surface area contributed by atoms with E-state index in [4.69, 9.17) is 4.42 Å². The van der Waals surface area contributed by atoms with Crippen molar-refractivity contribution in [3.8, 4) is 0 Å². The van der Waals surface area contributed by atoms with Gasteiger partial charge in [0.25, 0.3) is 11.9 Å². The van der Waals surface area contributed by atoms with Gasteiger partial charge < -0.3 is 14.6 Å². The number of hydrogen-bond donors (Lipinski definition) is 1. The van der Waals surface area contributed by atoms with Gasteiger partial charge in [0.1, 0.15) is 5.52 Å². The zero-order valence-corrected chi connectivity index (χ0v) is 12.5. The van der Waals surface area contributed by atoms with Gasteiger partial charge in [-0.05, 0) is 29.8 Å². The van der Waals surface area contributed by atoms with Gasteiger partial charge in [-0.2, -0.15) is 4.98 Å². The van der Waals surface area contributed by atoms with Crippen molar-refractivity contribution >= 4 is 23.0 Å². The van der Waals surface area contributed by atoms with Gasteiger partial charge in [0.15, 0.2) is 5.58 Å². The van der Waals surface area contributed by atoms with Crippen molar-refractivity contribution in [2.24, 2.45) is 0 Å². The molecule has 1 heterocycles. The highest BCUT2D eigenvalue weighted by Gasteiger charge is 2.11. The van der Waals surface area contributed by atoms with E-state index < -0.39 is 0 Å². The summed E-state index contributed by atoms with van der Waals surface area (Å²) in [6.07, 6.45) is 0. The number of nitrogens with one attached hydrogen (secondary N) is 1. The lowest BCUT2D eigenvalue weighted by Gasteiger charge is -2.14. The molecule has 0 atom stereocenters. The van der Waals surface area contributed by atoms with Crippen molar-refractivity contribution in [1.82, 2.24) is 10.3 Å². The van der Waals surface area contributed by atoms with Crippen LogP contribution in [0, 0.1) is 0 Å². The molecule has 2 aromatic carbocycles. The Kier molecular flexibility index (Phi) is 3.78. The molecule has 0 fully saturated rings. The molecule has 1 amide bonds. The highest BCUT2D eigenvalue weighted by atomic mass is 16.4. The Bertz CT molecular complexity index is 760. The minimum absolute atomic E-state index is 0.0844. The Morgan fingerprint density at radius 1 is 1.18 bits per heavy atom. The second-order valence-corrected chi connectivity index (χ2v) is 5.10. The number of fused-ring (bicyclic) bond motifs is 1. The van der Waals surface area contributed by atoms with Crippen molar-refractivity contribution in [3.05, 3.63) is 59.7 Å². The number of para-hydroxylation sites is 2. The number of nitrogens with zero attached hydrogens (tertiary/aromatic N) is 2. The first-order valence-corrected chi connectivity index (χ1v) is 7.05. The minimum atomic E-state index is -0.0844. The molecular weight excluding hydrogens is 278 g/mol. The lowest BCUT2D eigenvalue weighted by molar-refractivity contribution is 0.0963. The largest absolute Gasteiger partial charge is 0.423 e. The third-order valence-corrected chi connectivity index (χ3v) is 3.47. The van der Waals surface area contributed by atoms with Crippen LogP contribution in [0.1, 0.15) is 15.9 Å². The van der Waals surface area contributed by atoms with Crippen LogP contribution < -0.4 is 10.2 Å². The van der Waals surface area contributed by atoms with Crippen LogP contribution in [0.3, 0.4) is 0 Å². The molecule has 0 bridgehead atoms. The Morgan fingerprint density at radius 3 is 2.59 bits per heavy atom. The lowest BCUT2D eigenvalue weighted by atomic mass is 10.1. The van der Waals surface area contributed by atoms with Crippen LogP contribution >= 0.6 is 0 Å². The Hall–Kier alpha value is -2.82. The van der Waals surface area contributed by atoms with Crippen molar-refractivity contribution in [2.45, 2.75) is 6.54 Å². The van der Waals surface area contributed by atoms with Crippen LogP contribution in [0.15, 0.2) is 52.9 Å². The van der Waals surface area contributed by atoms with Gasteiger partial charge in [-0.1, -0.05) is 24.3 Å². The number of amides is 1. The van der Waals surface area contributed by atoms with E-state index in [0.717, 1.165) is 16.7 Å². The Labute approximate surface area is 128 Å². The maximum Gasteiger partial charge on any atom is 0.298 e. The SMILES string of the molecule is CNC(=O)c1ccc(CN(C)c2nc3ccccc3o2)cc1. The van der Waals surface area contributed by atoms with Crippen LogP contribution in [-0.2, 0) is 6.54 Å². The van der Waals surface area contributed by atoms with Gasteiger partial charge in [-0.25, -0.2) is 0 Å². The van der Waals surface area contributed by atoms with Crippen LogP contribution in [0.25, 0.3) is 11.1 Å². The number of carbonyl (C=O) groups excluding carboxylic acids is 1. The standard InChI is InChI=1S/C17H17N3O2/c1-18-16(21)13-9-7-12(8-10-13)11-20(2)17-19-14-5-3-4-6-15(14)22-17/h3-10H,11H2,1-2H3,(H,18,21). The van der Waals surface area contributed by atoms with Gasteiger partial charge in [0, 0.05) is 26.2 Å². The van der Waals surface area contributed by atoms with E-state index in [2.05, 4.69) is 10.3 Å². The fraction of sp³-hybridized carbons (Fsp3) is 0.176. The van der Waals surface area contributed by atoms with Gasteiger partial charge in [0.2, 0.25) is 0 Å². The third kappa shape index (κ3) is 2.79. The number of benzene rings is 2. The highest BCUT2D eigenvalue weighted by molar-refractivity contribution is 5.93. The predicted octanol–water partition coefficient (Wildman–Crippen LogP) is 2.82. The summed E-state index contributed by atoms with van der Waals surface area (Å²) in [5.41, 5.74) is 3.35. The zero-order chi connectivity index (χ0) is 15.5. The van der Waals surface area contributed by atoms with Crippen LogP contribution in [0.4, 0.5) is 6.01 Å². The van der Waals surface area contributed by atoms with Gasteiger partial charge in [-0.3, -0.25) is 4.79 Å². The molecule has 3 rings (SSSR count). The van der Waals surface area contributed by atoms with Gasteiger partial charge in [0.05, 0.1) is 0 Å². The molecule has 22 heavy (non-hydrogen) atoms. The Balaban J connectivity index is 1.75. The first kappa shape index (κ1) is 14.1. The summed E-state index contributed by atoms with van der Waals surface area (Å²) in [6, 6.07) is 15.8. The number of carbonyl (C=O) groups is 1. The second kappa shape index (κ2) is 5.89. The molecule has 0 radical (unpaired) electrons. The first-order chi connectivity index (χ1) is 10.7. The summed E-state index contributed by atoms with van der Waals surface area (Å²) < 4.78 is 5.73. The van der Waals surface area contributed by atoms with E-state index in [-0.39, 0.29) is 5.91 Å². The number of oxazole rings is 1. The van der Waals surface area contributed by atoms with Gasteiger partial charge in [-0.15, -0.1) is 0 Å². The average molecular weight is 295 g/mol. The topological polar surface area (TPSA) is 58.4 Å². The molecule has 3 aromatic rings. The molecule has 1 N–H and O–H groups in total. The quantitative estimate of drug-likeness (QED) is 0.804. The Morgan fingerprint density at radius 2 is 1.91 bits per heavy atom. The number of hydrogen-bond acceptors (Lipinski definition) is 4. The van der Waals surface area contributed by atoms with Crippen molar-refractivity contribution in [1.29, 1.82) is 0 Å². The van der Waals surface area contributed by atoms with E-state index in [0.29, 0.717) is 18.1 Å². The molecule has 0 saturated heterocycles. The average Bonchev–Trinajstić information content (AvgIpc) is 2.99. The monoisotopic (exact) mass is 295 g/mol. The van der Waals surface area contributed by atoms with E-state index in [1.165, 1.54) is 0 Å². The van der Waals surface area contributed by atoms with Crippen molar-refractivity contribution in [2.75, 3.05) is 19.0 Å². The molecule has 5 nitrogen and oxygen atoms in total. The third-order valence-electron chi connectivity index (χ3n) is 3.47. The molecule has 1 aromatic heterocycles. The van der Waals surface area contributed by atoms with Crippen LogP contribution in [-0.4, -0.2) is 25.0 Å². The molecular formula is C17H17N3O2. The number of aromatic nitrogens is 1. The predicted molar refractivity (Wildman–Crippen MR) is 85.9 cm³/mol. The van der Waals surface area contributed by atoms with E-state index in [9.17, 15) is 4.79 Å². The molecule has 0 aliphatic rings. The molecule has 0 unspecified atom stereocenters. The lowest BCUT2D eigenvalue weighted by Crippen LogP contribution is -2.18. The zero-order valence-electron chi connectivity index (χ0n) is 12.5. The maximum absolute atomic E-state index is 11.5. The maximum atomic E-state index is 11.5. The second-order valence-electron chi connectivity index (χ2n) is 5.10. The summed E-state index contributed by atoms with van der Waals surface area (Å²) >= 11 is 0. The number of rotatable bonds is 4. The van der Waals surface area contributed by atoms with Crippen LogP contribution in [0.5, 0.6) is 0 Å². The van der Waals surface area contributed by atoms with Gasteiger partial charge >= 0.3 is 0 Å². The van der Waals surface area contributed by atoms with E-state index in [1.807, 2.05) is 60.5 Å². The minimum Gasteiger partial charge on any atom is -0.423 e. The fourth-order valence-electron chi connectivity index (χ4n) is 2.27. The summed E-state index contributed by atoms with van der Waals surface area (Å²) in [5.74, 6) is -0.0844. The molecule has 5 heteroatoms. The molecule has 0 aliphatic heterocycles. The normalized spacial score (nSPS) is 10.6. The molecule has 0 aliphatic carbocycles. The smallest absolute Gasteiger partial charge is 0.298 e. The van der Waals surface area contributed by atoms with E-state index in [1.54, 1.807) is 7.05 Å². The first-order valence-electron chi connectivity index (χ1n) is 7.05. The molecule has 112 valence electrons.